The van der Waals surface area contributed by atoms with Gasteiger partial charge in [-0.1, -0.05) is 17.7 Å². The summed E-state index contributed by atoms with van der Waals surface area (Å²) in [6.07, 6.45) is 0. The summed E-state index contributed by atoms with van der Waals surface area (Å²) in [6.45, 7) is 10.3. The number of nitrogens with zero attached hydrogens (tertiary/aromatic N) is 3. The first kappa shape index (κ1) is 13.6. The fourth-order valence-electron chi connectivity index (χ4n) is 3.10. The van der Waals surface area contributed by atoms with Gasteiger partial charge in [-0.15, -0.1) is 0 Å². The molecule has 0 atom stereocenters. The predicted molar refractivity (Wildman–Crippen MR) is 87.0 cm³/mol. The second-order valence-electron chi connectivity index (χ2n) is 5.77. The highest BCUT2D eigenvalue weighted by molar-refractivity contribution is 5.86. The van der Waals surface area contributed by atoms with Gasteiger partial charge >= 0.3 is 0 Å². The molecule has 0 fully saturated rings. The van der Waals surface area contributed by atoms with Gasteiger partial charge in [0.15, 0.2) is 5.65 Å². The van der Waals surface area contributed by atoms with Crippen LogP contribution >= 0.6 is 0 Å². The Labute approximate surface area is 124 Å². The van der Waals surface area contributed by atoms with Crippen LogP contribution in [0.2, 0.25) is 0 Å². The van der Waals surface area contributed by atoms with E-state index in [2.05, 4.69) is 47.4 Å². The number of aryl methyl sites for hydroxylation is 5. The highest BCUT2D eigenvalue weighted by Crippen LogP contribution is 2.28. The van der Waals surface area contributed by atoms with Gasteiger partial charge in [0.2, 0.25) is 0 Å². The molecular formula is C17H20N4. The third-order valence-corrected chi connectivity index (χ3v) is 3.80. The molecule has 0 bridgehead atoms. The topological polar surface area (TPSA) is 56.7 Å². The second-order valence-corrected chi connectivity index (χ2v) is 5.77. The Bertz CT molecular complexity index is 836. The molecule has 0 aliphatic heterocycles. The van der Waals surface area contributed by atoms with Crippen molar-refractivity contribution in [3.63, 3.8) is 0 Å². The van der Waals surface area contributed by atoms with E-state index in [0.29, 0.717) is 5.69 Å². The van der Waals surface area contributed by atoms with Crippen LogP contribution in [-0.2, 0) is 0 Å². The molecule has 2 N–H and O–H groups in total. The summed E-state index contributed by atoms with van der Waals surface area (Å²) in [5.41, 5.74) is 14.2. The Morgan fingerprint density at radius 3 is 2.14 bits per heavy atom. The molecule has 0 aliphatic rings. The van der Waals surface area contributed by atoms with Gasteiger partial charge in [-0.25, -0.2) is 9.97 Å². The van der Waals surface area contributed by atoms with Crippen LogP contribution in [0.15, 0.2) is 18.2 Å². The lowest BCUT2D eigenvalue weighted by Gasteiger charge is -2.14. The van der Waals surface area contributed by atoms with Crippen molar-refractivity contribution in [2.45, 2.75) is 34.6 Å². The van der Waals surface area contributed by atoms with Crippen LogP contribution in [0.1, 0.15) is 28.2 Å². The van der Waals surface area contributed by atoms with Crippen molar-refractivity contribution < 1.29 is 0 Å². The van der Waals surface area contributed by atoms with Crippen LogP contribution in [0.25, 0.3) is 16.9 Å². The summed E-state index contributed by atoms with van der Waals surface area (Å²) in [6, 6.07) is 6.24. The van der Waals surface area contributed by atoms with Crippen LogP contribution in [0.4, 0.5) is 5.69 Å². The highest BCUT2D eigenvalue weighted by Gasteiger charge is 2.16. The van der Waals surface area contributed by atoms with E-state index in [1.807, 2.05) is 19.9 Å². The third-order valence-electron chi connectivity index (χ3n) is 3.80. The smallest absolute Gasteiger partial charge is 0.167 e. The molecule has 21 heavy (non-hydrogen) atoms. The molecule has 3 rings (SSSR count). The Morgan fingerprint density at radius 2 is 1.52 bits per heavy atom. The molecule has 0 saturated heterocycles. The molecule has 0 unspecified atom stereocenters. The second kappa shape index (κ2) is 4.58. The van der Waals surface area contributed by atoms with Crippen molar-refractivity contribution in [3.05, 3.63) is 46.4 Å². The van der Waals surface area contributed by atoms with Gasteiger partial charge in [-0.05, 0) is 51.8 Å². The zero-order valence-electron chi connectivity index (χ0n) is 13.2. The minimum absolute atomic E-state index is 0.682. The minimum Gasteiger partial charge on any atom is -0.397 e. The van der Waals surface area contributed by atoms with E-state index in [1.54, 1.807) is 0 Å². The molecule has 0 amide bonds. The SMILES string of the molecule is Cc1cc(C)c(-n2c(C)nc3c(N)cc(C)nc32)c(C)c1. The van der Waals surface area contributed by atoms with Crippen LogP contribution in [0.3, 0.4) is 0 Å². The third kappa shape index (κ3) is 2.07. The Hall–Kier alpha value is -2.36. The van der Waals surface area contributed by atoms with Gasteiger partial charge in [0.25, 0.3) is 0 Å². The lowest BCUT2D eigenvalue weighted by atomic mass is 10.0. The summed E-state index contributed by atoms with van der Waals surface area (Å²) >= 11 is 0. The van der Waals surface area contributed by atoms with Crippen molar-refractivity contribution in [2.24, 2.45) is 0 Å². The standard InChI is InChI=1S/C17H20N4/c1-9-6-10(2)16(11(3)7-9)21-13(5)20-15-14(18)8-12(4)19-17(15)21/h6-8H,1-5H3,(H2,18,19). The molecular weight excluding hydrogens is 260 g/mol. The molecule has 4 nitrogen and oxygen atoms in total. The minimum atomic E-state index is 0.682. The maximum Gasteiger partial charge on any atom is 0.167 e. The normalized spacial score (nSPS) is 11.3. The largest absolute Gasteiger partial charge is 0.397 e. The number of fused-ring (bicyclic) bond motifs is 1. The first-order valence-electron chi connectivity index (χ1n) is 7.09. The van der Waals surface area contributed by atoms with Crippen LogP contribution in [0, 0.1) is 34.6 Å². The summed E-state index contributed by atoms with van der Waals surface area (Å²) in [7, 11) is 0. The van der Waals surface area contributed by atoms with E-state index < -0.39 is 0 Å². The number of nitrogens with two attached hydrogens (primary N) is 1. The monoisotopic (exact) mass is 280 g/mol. The van der Waals surface area contributed by atoms with Gasteiger partial charge in [0, 0.05) is 5.69 Å². The van der Waals surface area contributed by atoms with Crippen LogP contribution in [0.5, 0.6) is 0 Å². The number of anilines is 1. The number of benzene rings is 1. The summed E-state index contributed by atoms with van der Waals surface area (Å²) < 4.78 is 2.11. The average molecular weight is 280 g/mol. The lowest BCUT2D eigenvalue weighted by molar-refractivity contribution is 0.961. The molecule has 2 aromatic heterocycles. The highest BCUT2D eigenvalue weighted by atomic mass is 15.1. The molecule has 0 spiro atoms. The van der Waals surface area contributed by atoms with Gasteiger partial charge in [-0.3, -0.25) is 4.57 Å². The fraction of sp³-hybridized carbons (Fsp3) is 0.294. The zero-order valence-corrected chi connectivity index (χ0v) is 13.2. The van der Waals surface area contributed by atoms with E-state index in [0.717, 1.165) is 28.4 Å². The Morgan fingerprint density at radius 1 is 0.905 bits per heavy atom. The van der Waals surface area contributed by atoms with E-state index >= 15 is 0 Å². The summed E-state index contributed by atoms with van der Waals surface area (Å²) in [5, 5.41) is 0. The predicted octanol–water partition coefficient (Wildman–Crippen LogP) is 3.54. The molecule has 0 aliphatic carbocycles. The fourth-order valence-corrected chi connectivity index (χ4v) is 3.10. The number of hydrogen-bond donors (Lipinski definition) is 1. The van der Waals surface area contributed by atoms with E-state index in [9.17, 15) is 0 Å². The van der Waals surface area contributed by atoms with Gasteiger partial charge < -0.3 is 5.73 Å². The number of aromatic nitrogens is 3. The molecule has 1 aromatic carbocycles. The van der Waals surface area contributed by atoms with E-state index in [4.69, 9.17) is 5.73 Å². The van der Waals surface area contributed by atoms with Crippen molar-refractivity contribution >= 4 is 16.9 Å². The van der Waals surface area contributed by atoms with Crippen LogP contribution in [-0.4, -0.2) is 14.5 Å². The lowest BCUT2D eigenvalue weighted by Crippen LogP contribution is -2.04. The Balaban J connectivity index is 2.44. The maximum atomic E-state index is 6.10. The van der Waals surface area contributed by atoms with Crippen LogP contribution < -0.4 is 5.73 Å². The molecule has 4 heteroatoms. The number of pyridine rings is 1. The van der Waals surface area contributed by atoms with E-state index in [-0.39, 0.29) is 0 Å². The summed E-state index contributed by atoms with van der Waals surface area (Å²) in [5.74, 6) is 0.907. The zero-order chi connectivity index (χ0) is 15.3. The van der Waals surface area contributed by atoms with Gasteiger partial charge in [-0.2, -0.15) is 0 Å². The van der Waals surface area contributed by atoms with E-state index in [1.165, 1.54) is 16.7 Å². The first-order chi connectivity index (χ1) is 9.88. The molecule has 3 aromatic rings. The number of nitrogen functional groups attached to an aromatic ring is 1. The Kier molecular flexibility index (Phi) is 2.97. The summed E-state index contributed by atoms with van der Waals surface area (Å²) in [4.78, 5) is 9.27. The average Bonchev–Trinajstić information content (AvgIpc) is 2.66. The molecule has 0 radical (unpaired) electrons. The van der Waals surface area contributed by atoms with Crippen molar-refractivity contribution in [1.82, 2.24) is 14.5 Å². The first-order valence-corrected chi connectivity index (χ1v) is 7.09. The van der Waals surface area contributed by atoms with Gasteiger partial charge in [0.05, 0.1) is 11.4 Å². The molecule has 0 saturated carbocycles. The molecule has 2 heterocycles. The molecule has 108 valence electrons. The number of rotatable bonds is 1. The number of imidazole rings is 1. The number of hydrogen-bond acceptors (Lipinski definition) is 3. The maximum absolute atomic E-state index is 6.10. The van der Waals surface area contributed by atoms with Crippen molar-refractivity contribution in [2.75, 3.05) is 5.73 Å². The van der Waals surface area contributed by atoms with Crippen molar-refractivity contribution in [1.29, 1.82) is 0 Å². The quantitative estimate of drug-likeness (QED) is 0.741. The van der Waals surface area contributed by atoms with Gasteiger partial charge in [0.1, 0.15) is 11.3 Å². The van der Waals surface area contributed by atoms with Crippen molar-refractivity contribution in [3.8, 4) is 5.69 Å².